The summed E-state index contributed by atoms with van der Waals surface area (Å²) < 4.78 is 12.7. The fraction of sp³-hybridized carbons (Fsp3) is 0.429. The van der Waals surface area contributed by atoms with E-state index in [4.69, 9.17) is 0 Å². The van der Waals surface area contributed by atoms with Crippen LogP contribution in [-0.2, 0) is 4.79 Å². The number of nitrogens with zero attached hydrogens (tertiary/aromatic N) is 1. The number of anilines is 1. The molecule has 0 fully saturated rings. The van der Waals surface area contributed by atoms with Crippen LogP contribution in [0.2, 0.25) is 0 Å². The molecule has 0 bridgehead atoms. The van der Waals surface area contributed by atoms with Gasteiger partial charge in [0, 0.05) is 11.9 Å². The minimum Gasteiger partial charge on any atom is -0.376 e. The molecule has 4 nitrogen and oxygen atoms in total. The third kappa shape index (κ3) is 5.99. The first-order valence-corrected chi connectivity index (χ1v) is 6.47. The SMILES string of the molecule is CCC(C=NNC(=O)CNc1ccc(F)cc1)CC. The lowest BCUT2D eigenvalue weighted by Crippen LogP contribution is -2.26. The predicted molar refractivity (Wildman–Crippen MR) is 75.6 cm³/mol. The lowest BCUT2D eigenvalue weighted by atomic mass is 10.1. The van der Waals surface area contributed by atoms with Crippen molar-refractivity contribution in [1.82, 2.24) is 5.43 Å². The van der Waals surface area contributed by atoms with Gasteiger partial charge in [0.25, 0.3) is 5.91 Å². The highest BCUT2D eigenvalue weighted by Crippen LogP contribution is 2.07. The van der Waals surface area contributed by atoms with Crippen LogP contribution in [0.4, 0.5) is 10.1 Å². The smallest absolute Gasteiger partial charge is 0.259 e. The average Bonchev–Trinajstić information content (AvgIpc) is 2.43. The molecule has 1 aromatic rings. The van der Waals surface area contributed by atoms with Crippen molar-refractivity contribution >= 4 is 17.8 Å². The maximum absolute atomic E-state index is 12.7. The molecule has 0 aliphatic carbocycles. The highest BCUT2D eigenvalue weighted by Gasteiger charge is 2.01. The molecule has 1 amide bonds. The molecule has 104 valence electrons. The first kappa shape index (κ1) is 15.1. The van der Waals surface area contributed by atoms with E-state index in [9.17, 15) is 9.18 Å². The molecule has 0 aromatic heterocycles. The molecule has 0 aliphatic heterocycles. The van der Waals surface area contributed by atoms with Crippen molar-refractivity contribution in [2.45, 2.75) is 26.7 Å². The van der Waals surface area contributed by atoms with Gasteiger partial charge in [-0.15, -0.1) is 0 Å². The van der Waals surface area contributed by atoms with Crippen LogP contribution in [0.15, 0.2) is 29.4 Å². The quantitative estimate of drug-likeness (QED) is 0.588. The molecule has 0 radical (unpaired) electrons. The van der Waals surface area contributed by atoms with Crippen molar-refractivity contribution in [3.05, 3.63) is 30.1 Å². The summed E-state index contributed by atoms with van der Waals surface area (Å²) in [6, 6.07) is 5.84. The fourth-order valence-electron chi connectivity index (χ4n) is 1.50. The maximum atomic E-state index is 12.7. The van der Waals surface area contributed by atoms with E-state index in [0.717, 1.165) is 12.8 Å². The largest absolute Gasteiger partial charge is 0.376 e. The van der Waals surface area contributed by atoms with E-state index >= 15 is 0 Å². The Balaban J connectivity index is 2.30. The summed E-state index contributed by atoms with van der Waals surface area (Å²) in [5.74, 6) is -0.137. The molecule has 5 heteroatoms. The zero-order chi connectivity index (χ0) is 14.1. The summed E-state index contributed by atoms with van der Waals surface area (Å²) in [7, 11) is 0. The predicted octanol–water partition coefficient (Wildman–Crippen LogP) is 2.78. The standard InChI is InChI=1S/C14H20FN3O/c1-3-11(4-2)9-17-18-14(19)10-16-13-7-5-12(15)6-8-13/h5-9,11,16H,3-4,10H2,1-2H3,(H,18,19). The average molecular weight is 265 g/mol. The van der Waals surface area contributed by atoms with E-state index in [2.05, 4.69) is 29.7 Å². The Morgan fingerprint density at radius 3 is 2.53 bits per heavy atom. The lowest BCUT2D eigenvalue weighted by molar-refractivity contribution is -0.119. The second kappa shape index (κ2) is 8.24. The normalized spacial score (nSPS) is 10.9. The molecule has 0 aliphatic rings. The Morgan fingerprint density at radius 2 is 1.95 bits per heavy atom. The number of benzene rings is 1. The summed E-state index contributed by atoms with van der Waals surface area (Å²) in [6.07, 6.45) is 3.77. The Labute approximate surface area is 113 Å². The van der Waals surface area contributed by atoms with Gasteiger partial charge in [-0.05, 0) is 43.0 Å². The zero-order valence-electron chi connectivity index (χ0n) is 11.3. The van der Waals surface area contributed by atoms with Crippen LogP contribution in [0.1, 0.15) is 26.7 Å². The number of carbonyl (C=O) groups excluding carboxylic acids is 1. The molecule has 0 heterocycles. The summed E-state index contributed by atoms with van der Waals surface area (Å²) in [6.45, 7) is 4.27. The van der Waals surface area contributed by atoms with Gasteiger partial charge >= 0.3 is 0 Å². The van der Waals surface area contributed by atoms with Crippen LogP contribution in [-0.4, -0.2) is 18.7 Å². The van der Waals surface area contributed by atoms with E-state index in [1.165, 1.54) is 12.1 Å². The maximum Gasteiger partial charge on any atom is 0.259 e. The molecule has 0 saturated heterocycles. The summed E-state index contributed by atoms with van der Waals surface area (Å²) in [4.78, 5) is 11.5. The van der Waals surface area contributed by atoms with Gasteiger partial charge in [0.15, 0.2) is 0 Å². The van der Waals surface area contributed by atoms with Crippen LogP contribution in [0.3, 0.4) is 0 Å². The molecule has 2 N–H and O–H groups in total. The molecule has 1 rings (SSSR count). The molecule has 0 saturated carbocycles. The minimum absolute atomic E-state index is 0.103. The van der Waals surface area contributed by atoms with Gasteiger partial charge in [0.05, 0.1) is 6.54 Å². The number of carbonyl (C=O) groups is 1. The molecule has 0 atom stereocenters. The summed E-state index contributed by atoms with van der Waals surface area (Å²) >= 11 is 0. The fourth-order valence-corrected chi connectivity index (χ4v) is 1.50. The van der Waals surface area contributed by atoms with E-state index in [-0.39, 0.29) is 18.3 Å². The van der Waals surface area contributed by atoms with Crippen molar-refractivity contribution < 1.29 is 9.18 Å². The van der Waals surface area contributed by atoms with Gasteiger partial charge in [-0.3, -0.25) is 4.79 Å². The molecule has 0 spiro atoms. The van der Waals surface area contributed by atoms with Gasteiger partial charge < -0.3 is 5.32 Å². The van der Waals surface area contributed by atoms with E-state index < -0.39 is 0 Å². The zero-order valence-corrected chi connectivity index (χ0v) is 11.3. The van der Waals surface area contributed by atoms with Crippen molar-refractivity contribution in [2.75, 3.05) is 11.9 Å². The van der Waals surface area contributed by atoms with E-state index in [0.29, 0.717) is 11.6 Å². The summed E-state index contributed by atoms with van der Waals surface area (Å²) in [5, 5.41) is 6.80. The van der Waals surface area contributed by atoms with Crippen LogP contribution >= 0.6 is 0 Å². The minimum atomic E-state index is -0.301. The van der Waals surface area contributed by atoms with Crippen molar-refractivity contribution in [2.24, 2.45) is 11.0 Å². The first-order chi connectivity index (χ1) is 9.15. The third-order valence-corrected chi connectivity index (χ3v) is 2.82. The molecule has 0 unspecified atom stereocenters. The number of hydrogen-bond acceptors (Lipinski definition) is 3. The van der Waals surface area contributed by atoms with Gasteiger partial charge in [-0.2, -0.15) is 5.10 Å². The van der Waals surface area contributed by atoms with Gasteiger partial charge in [0.2, 0.25) is 0 Å². The number of hydrogen-bond donors (Lipinski definition) is 2. The molecular weight excluding hydrogens is 245 g/mol. The Bertz CT molecular complexity index is 413. The molecular formula is C14H20FN3O. The third-order valence-electron chi connectivity index (χ3n) is 2.82. The van der Waals surface area contributed by atoms with Crippen LogP contribution in [0.5, 0.6) is 0 Å². The van der Waals surface area contributed by atoms with Crippen LogP contribution in [0.25, 0.3) is 0 Å². The summed E-state index contributed by atoms with van der Waals surface area (Å²) in [5.41, 5.74) is 3.15. The lowest BCUT2D eigenvalue weighted by Gasteiger charge is -2.06. The van der Waals surface area contributed by atoms with Gasteiger partial charge in [-0.1, -0.05) is 13.8 Å². The topological polar surface area (TPSA) is 53.5 Å². The Hall–Kier alpha value is -1.91. The Kier molecular flexibility index (Phi) is 6.57. The second-order valence-electron chi connectivity index (χ2n) is 4.25. The monoisotopic (exact) mass is 265 g/mol. The number of hydrazone groups is 1. The highest BCUT2D eigenvalue weighted by atomic mass is 19.1. The number of nitrogens with one attached hydrogen (secondary N) is 2. The Morgan fingerprint density at radius 1 is 1.32 bits per heavy atom. The second-order valence-corrected chi connectivity index (χ2v) is 4.25. The highest BCUT2D eigenvalue weighted by molar-refractivity contribution is 5.81. The molecule has 19 heavy (non-hydrogen) atoms. The van der Waals surface area contributed by atoms with E-state index in [1.807, 2.05) is 0 Å². The van der Waals surface area contributed by atoms with E-state index in [1.54, 1.807) is 18.3 Å². The van der Waals surface area contributed by atoms with Gasteiger partial charge in [0.1, 0.15) is 5.82 Å². The van der Waals surface area contributed by atoms with Crippen molar-refractivity contribution in [3.63, 3.8) is 0 Å². The number of amides is 1. The first-order valence-electron chi connectivity index (χ1n) is 6.47. The van der Waals surface area contributed by atoms with Gasteiger partial charge in [-0.25, -0.2) is 9.82 Å². The van der Waals surface area contributed by atoms with Crippen molar-refractivity contribution in [1.29, 1.82) is 0 Å². The number of halogens is 1. The van der Waals surface area contributed by atoms with Crippen molar-refractivity contribution in [3.8, 4) is 0 Å². The molecule has 1 aromatic carbocycles. The van der Waals surface area contributed by atoms with Crippen LogP contribution in [0, 0.1) is 11.7 Å². The number of rotatable bonds is 7. The van der Waals surface area contributed by atoms with Crippen LogP contribution < -0.4 is 10.7 Å².